The summed E-state index contributed by atoms with van der Waals surface area (Å²) in [4.78, 5) is 11.5. The number of fused-ring (bicyclic) bond motifs is 3. The zero-order valence-corrected chi connectivity index (χ0v) is 9.87. The van der Waals surface area contributed by atoms with E-state index in [1.165, 1.54) is 25.9 Å². The first-order valence-electron chi connectivity index (χ1n) is 6.16. The molecule has 0 N–H and O–H groups in total. The Balaban J connectivity index is 1.91. The Morgan fingerprint density at radius 3 is 2.60 bits per heavy atom. The molecule has 0 aromatic carbocycles. The van der Waals surface area contributed by atoms with Crippen molar-refractivity contribution in [3.8, 4) is 0 Å². The van der Waals surface area contributed by atoms with Crippen molar-refractivity contribution < 1.29 is 14.0 Å². The lowest BCUT2D eigenvalue weighted by Crippen LogP contribution is -2.62. The average molecular weight is 212 g/mol. The fourth-order valence-corrected chi connectivity index (χ4v) is 2.91. The Hall–Kier alpha value is -0.570. The number of likely N-dealkylation sites (N-methyl/N-ethyl adjacent to an activating group) is 1. The molecule has 2 bridgehead atoms. The smallest absolute Gasteiger partial charge is 0.306 e. The molecule has 3 rings (SSSR count). The third kappa shape index (κ3) is 2.33. The Morgan fingerprint density at radius 1 is 1.40 bits per heavy atom. The zero-order chi connectivity index (χ0) is 10.9. The number of ether oxygens (including phenoxy) is 1. The van der Waals surface area contributed by atoms with Gasteiger partial charge in [0.25, 0.3) is 0 Å². The molecule has 86 valence electrons. The zero-order valence-electron chi connectivity index (χ0n) is 9.87. The molecule has 0 spiro atoms. The summed E-state index contributed by atoms with van der Waals surface area (Å²) in [5, 5.41) is 0. The highest BCUT2D eigenvalue weighted by atomic mass is 16.5. The van der Waals surface area contributed by atoms with Crippen molar-refractivity contribution >= 4 is 5.97 Å². The summed E-state index contributed by atoms with van der Waals surface area (Å²) in [5.41, 5.74) is 0. The van der Waals surface area contributed by atoms with Crippen LogP contribution < -0.4 is 0 Å². The number of rotatable bonds is 3. The molecular formula is C12H22NO2+. The van der Waals surface area contributed by atoms with Gasteiger partial charge in [0, 0.05) is 25.2 Å². The molecule has 0 radical (unpaired) electrons. The van der Waals surface area contributed by atoms with Crippen LogP contribution in [0.15, 0.2) is 0 Å². The van der Waals surface area contributed by atoms with Crippen LogP contribution in [0.2, 0.25) is 0 Å². The molecule has 3 aliphatic rings. The van der Waals surface area contributed by atoms with Crippen LogP contribution in [0.5, 0.6) is 0 Å². The Bertz CT molecular complexity index is 244. The summed E-state index contributed by atoms with van der Waals surface area (Å²) in [5.74, 6) is 0.647. The molecule has 0 amide bonds. The molecule has 1 unspecified atom stereocenters. The molecule has 0 aromatic rings. The minimum absolute atomic E-state index is 0.00264. The lowest BCUT2D eigenvalue weighted by Gasteiger charge is -2.49. The van der Waals surface area contributed by atoms with Gasteiger partial charge in [0.15, 0.2) is 6.10 Å². The number of nitrogens with zero attached hydrogens (tertiary/aromatic N) is 1. The van der Waals surface area contributed by atoms with E-state index in [2.05, 4.69) is 7.05 Å². The summed E-state index contributed by atoms with van der Waals surface area (Å²) in [7, 11) is 2.29. The van der Waals surface area contributed by atoms with E-state index >= 15 is 0 Å². The predicted octanol–water partition coefficient (Wildman–Crippen LogP) is 1.57. The van der Waals surface area contributed by atoms with Gasteiger partial charge < -0.3 is 9.22 Å². The molecule has 3 nitrogen and oxygen atoms in total. The van der Waals surface area contributed by atoms with Crippen molar-refractivity contribution in [1.82, 2.24) is 0 Å². The van der Waals surface area contributed by atoms with Crippen LogP contribution in [-0.2, 0) is 9.53 Å². The Morgan fingerprint density at radius 2 is 2.07 bits per heavy atom. The Kier molecular flexibility index (Phi) is 3.01. The third-order valence-electron chi connectivity index (χ3n) is 3.96. The van der Waals surface area contributed by atoms with Gasteiger partial charge in [-0.2, -0.15) is 0 Å². The quantitative estimate of drug-likeness (QED) is 0.524. The van der Waals surface area contributed by atoms with E-state index in [1.54, 1.807) is 0 Å². The van der Waals surface area contributed by atoms with E-state index in [4.69, 9.17) is 4.74 Å². The normalized spacial score (nSPS) is 39.1. The van der Waals surface area contributed by atoms with Crippen molar-refractivity contribution in [2.45, 2.75) is 38.7 Å². The molecule has 3 saturated heterocycles. The summed E-state index contributed by atoms with van der Waals surface area (Å²) in [6.45, 7) is 5.60. The fraction of sp³-hybridized carbons (Fsp3) is 0.917. The highest BCUT2D eigenvalue weighted by Crippen LogP contribution is 2.34. The topological polar surface area (TPSA) is 26.3 Å². The van der Waals surface area contributed by atoms with Crippen molar-refractivity contribution in [2.24, 2.45) is 5.92 Å². The summed E-state index contributed by atoms with van der Waals surface area (Å²) in [6.07, 6.45) is 4.15. The average Bonchev–Trinajstić information content (AvgIpc) is 2.18. The summed E-state index contributed by atoms with van der Waals surface area (Å²) < 4.78 is 6.69. The van der Waals surface area contributed by atoms with E-state index in [0.29, 0.717) is 12.3 Å². The van der Waals surface area contributed by atoms with Gasteiger partial charge in [-0.15, -0.1) is 0 Å². The first kappa shape index (κ1) is 10.9. The van der Waals surface area contributed by atoms with Crippen molar-refractivity contribution in [3.05, 3.63) is 0 Å². The van der Waals surface area contributed by atoms with Gasteiger partial charge in [-0.1, -0.05) is 6.92 Å². The standard InChI is InChI=1S/C12H22NO2/c1-3-4-12(14)15-11-9-13(2)7-5-10(11)6-8-13/h10-11H,3-9H2,1-2H3/q+1. The van der Waals surface area contributed by atoms with Gasteiger partial charge in [-0.25, -0.2) is 0 Å². The maximum absolute atomic E-state index is 11.5. The second-order valence-corrected chi connectivity index (χ2v) is 5.37. The SMILES string of the molecule is CCCC(=O)OC1C[N+]2(C)CCC1CC2. The van der Waals surface area contributed by atoms with E-state index in [-0.39, 0.29) is 12.1 Å². The molecule has 0 aliphatic carbocycles. The number of esters is 1. The lowest BCUT2D eigenvalue weighted by molar-refractivity contribution is -0.928. The second-order valence-electron chi connectivity index (χ2n) is 5.37. The highest BCUT2D eigenvalue weighted by Gasteiger charge is 2.44. The molecule has 3 aliphatic heterocycles. The molecule has 3 heterocycles. The van der Waals surface area contributed by atoms with Gasteiger partial charge in [0.05, 0.1) is 20.1 Å². The van der Waals surface area contributed by atoms with Crippen LogP contribution in [0.1, 0.15) is 32.6 Å². The highest BCUT2D eigenvalue weighted by molar-refractivity contribution is 5.69. The molecule has 0 saturated carbocycles. The maximum atomic E-state index is 11.5. The minimum atomic E-state index is 0.00264. The fourth-order valence-electron chi connectivity index (χ4n) is 2.91. The van der Waals surface area contributed by atoms with Gasteiger partial charge in [0.2, 0.25) is 0 Å². The number of hydrogen-bond acceptors (Lipinski definition) is 2. The number of quaternary nitrogens is 1. The Labute approximate surface area is 92.0 Å². The number of piperidine rings is 3. The van der Waals surface area contributed by atoms with Crippen LogP contribution >= 0.6 is 0 Å². The van der Waals surface area contributed by atoms with Crippen LogP contribution in [0.3, 0.4) is 0 Å². The van der Waals surface area contributed by atoms with Crippen LogP contribution in [0, 0.1) is 5.92 Å². The summed E-state index contributed by atoms with van der Waals surface area (Å²) >= 11 is 0. The number of hydrogen-bond donors (Lipinski definition) is 0. The first-order chi connectivity index (χ1) is 7.13. The van der Waals surface area contributed by atoms with Gasteiger partial charge >= 0.3 is 5.97 Å². The minimum Gasteiger partial charge on any atom is -0.456 e. The molecule has 0 aromatic heterocycles. The summed E-state index contributed by atoms with van der Waals surface area (Å²) in [6, 6.07) is 0. The predicted molar refractivity (Wildman–Crippen MR) is 58.3 cm³/mol. The number of carbonyl (C=O) groups excluding carboxylic acids is 1. The monoisotopic (exact) mass is 212 g/mol. The molecular weight excluding hydrogens is 190 g/mol. The van der Waals surface area contributed by atoms with Crippen molar-refractivity contribution in [1.29, 1.82) is 0 Å². The van der Waals surface area contributed by atoms with Crippen LogP contribution in [0.25, 0.3) is 0 Å². The van der Waals surface area contributed by atoms with Crippen LogP contribution in [-0.4, -0.2) is 43.2 Å². The molecule has 3 fully saturated rings. The first-order valence-corrected chi connectivity index (χ1v) is 6.16. The maximum Gasteiger partial charge on any atom is 0.306 e. The van der Waals surface area contributed by atoms with E-state index in [9.17, 15) is 4.79 Å². The van der Waals surface area contributed by atoms with Crippen molar-refractivity contribution in [2.75, 3.05) is 26.7 Å². The third-order valence-corrected chi connectivity index (χ3v) is 3.96. The van der Waals surface area contributed by atoms with E-state index in [1.807, 2.05) is 6.92 Å². The molecule has 1 atom stereocenters. The van der Waals surface area contributed by atoms with Crippen molar-refractivity contribution in [3.63, 3.8) is 0 Å². The van der Waals surface area contributed by atoms with E-state index < -0.39 is 0 Å². The lowest BCUT2D eigenvalue weighted by atomic mass is 9.84. The molecule has 3 heteroatoms. The molecule has 15 heavy (non-hydrogen) atoms. The van der Waals surface area contributed by atoms with Crippen LogP contribution in [0.4, 0.5) is 0 Å². The van der Waals surface area contributed by atoms with Gasteiger partial charge in [-0.3, -0.25) is 4.79 Å². The van der Waals surface area contributed by atoms with Gasteiger partial charge in [0.1, 0.15) is 6.54 Å². The van der Waals surface area contributed by atoms with Gasteiger partial charge in [-0.05, 0) is 6.42 Å². The number of carbonyl (C=O) groups is 1. The largest absolute Gasteiger partial charge is 0.456 e. The second kappa shape index (κ2) is 4.12. The van der Waals surface area contributed by atoms with E-state index in [0.717, 1.165) is 17.4 Å².